The molecule has 1 saturated heterocycles. The van der Waals surface area contributed by atoms with Crippen molar-refractivity contribution in [2.75, 3.05) is 111 Å². The Kier molecular flexibility index (Phi) is 26.0. The van der Waals surface area contributed by atoms with E-state index in [4.69, 9.17) is 37.9 Å². The summed E-state index contributed by atoms with van der Waals surface area (Å²) in [7, 11) is 0. The van der Waals surface area contributed by atoms with Gasteiger partial charge in [0.2, 0.25) is 0 Å². The zero-order valence-corrected chi connectivity index (χ0v) is 43.1. The number of ketones is 1. The van der Waals surface area contributed by atoms with Crippen LogP contribution in [-0.2, 0) is 37.9 Å². The lowest BCUT2D eigenvalue weighted by atomic mass is 9.82. The Bertz CT molecular complexity index is 2450. The van der Waals surface area contributed by atoms with E-state index >= 15 is 0 Å². The van der Waals surface area contributed by atoms with Crippen LogP contribution in [0.25, 0.3) is 0 Å². The van der Waals surface area contributed by atoms with Crippen molar-refractivity contribution >= 4 is 35.3 Å². The summed E-state index contributed by atoms with van der Waals surface area (Å²) in [5.74, 6) is -1.24. The molecular formula is C57H68N2O16S. The molecule has 76 heavy (non-hydrogen) atoms. The summed E-state index contributed by atoms with van der Waals surface area (Å²) in [6, 6.07) is 39.9. The normalized spacial score (nSPS) is 17.3. The molecule has 1 aliphatic rings. The molecule has 5 aromatic carbocycles. The van der Waals surface area contributed by atoms with E-state index in [-0.39, 0.29) is 57.2 Å². The monoisotopic (exact) mass is 1070 g/mol. The number of aliphatic hydroxyl groups excluding tert-OH is 4. The first-order valence-electron chi connectivity index (χ1n) is 25.2. The quantitative estimate of drug-likeness (QED) is 0.0147. The fourth-order valence-corrected chi connectivity index (χ4v) is 8.99. The first-order valence-corrected chi connectivity index (χ1v) is 26.3. The number of hydrogen-bond donors (Lipinski definition) is 6. The third-order valence-corrected chi connectivity index (χ3v) is 13.0. The highest BCUT2D eigenvalue weighted by atomic mass is 32.2. The van der Waals surface area contributed by atoms with Gasteiger partial charge < -0.3 is 69.0 Å². The lowest BCUT2D eigenvalue weighted by Gasteiger charge is -2.39. The molecule has 2 amide bonds. The van der Waals surface area contributed by atoms with Crippen LogP contribution < -0.4 is 10.6 Å². The van der Waals surface area contributed by atoms with Gasteiger partial charge in [-0.15, -0.1) is 11.8 Å². The van der Waals surface area contributed by atoms with Crippen molar-refractivity contribution in [1.29, 1.82) is 0 Å². The van der Waals surface area contributed by atoms with Crippen molar-refractivity contribution in [2.24, 2.45) is 0 Å². The van der Waals surface area contributed by atoms with E-state index in [1.165, 1.54) is 11.8 Å². The van der Waals surface area contributed by atoms with Crippen molar-refractivity contribution in [3.05, 3.63) is 178 Å². The van der Waals surface area contributed by atoms with E-state index in [1.807, 2.05) is 66.7 Å². The Morgan fingerprint density at radius 3 is 1.49 bits per heavy atom. The Morgan fingerprint density at radius 2 is 0.947 bits per heavy atom. The van der Waals surface area contributed by atoms with Gasteiger partial charge in [-0.1, -0.05) is 103 Å². The van der Waals surface area contributed by atoms with E-state index in [0.717, 1.165) is 11.1 Å². The fraction of sp³-hybridized carbons (Fsp3) is 0.404. The van der Waals surface area contributed by atoms with Crippen LogP contribution in [0.4, 0.5) is 0 Å². The molecule has 0 saturated carbocycles. The topological polar surface area (TPSA) is 247 Å². The molecule has 5 atom stereocenters. The summed E-state index contributed by atoms with van der Waals surface area (Å²) in [6.45, 7) is 3.45. The van der Waals surface area contributed by atoms with Gasteiger partial charge in [0.15, 0.2) is 5.78 Å². The maximum absolute atomic E-state index is 13.8. The van der Waals surface area contributed by atoms with Gasteiger partial charge >= 0.3 is 5.97 Å². The average Bonchev–Trinajstić information content (AvgIpc) is 3.46. The van der Waals surface area contributed by atoms with Crippen molar-refractivity contribution in [2.45, 2.75) is 35.8 Å². The van der Waals surface area contributed by atoms with Gasteiger partial charge in [-0.05, 0) is 47.0 Å². The molecule has 0 aliphatic carbocycles. The number of rotatable bonds is 34. The molecule has 5 aromatic rings. The Labute approximate surface area is 446 Å². The molecule has 1 aliphatic heterocycles. The number of ether oxygens (including phenoxy) is 8. The van der Waals surface area contributed by atoms with Crippen LogP contribution in [0.5, 0.6) is 0 Å². The number of amides is 2. The van der Waals surface area contributed by atoms with Gasteiger partial charge in [0.05, 0.1) is 91.5 Å². The summed E-state index contributed by atoms with van der Waals surface area (Å²) in [5.41, 5.74) is 3.83. The van der Waals surface area contributed by atoms with Crippen LogP contribution in [0.3, 0.4) is 0 Å². The summed E-state index contributed by atoms with van der Waals surface area (Å²) in [5, 5.41) is 45.1. The lowest BCUT2D eigenvalue weighted by Crippen LogP contribution is -2.57. The molecule has 0 radical (unpaired) electrons. The Balaban J connectivity index is 0.855. The van der Waals surface area contributed by atoms with Crippen molar-refractivity contribution in [3.63, 3.8) is 0 Å². The molecular weight excluding hydrogens is 1000 g/mol. The van der Waals surface area contributed by atoms with E-state index < -0.39 is 48.3 Å². The molecule has 0 unspecified atom stereocenters. The minimum absolute atomic E-state index is 0.0174. The fourth-order valence-electron chi connectivity index (χ4n) is 7.96. The molecule has 19 heteroatoms. The molecule has 1 fully saturated rings. The highest BCUT2D eigenvalue weighted by molar-refractivity contribution is 7.99. The summed E-state index contributed by atoms with van der Waals surface area (Å²) >= 11 is 1.21. The van der Waals surface area contributed by atoms with Gasteiger partial charge in [-0.25, -0.2) is 4.79 Å². The van der Waals surface area contributed by atoms with Crippen LogP contribution in [0.15, 0.2) is 133 Å². The van der Waals surface area contributed by atoms with Crippen molar-refractivity contribution in [3.8, 4) is 0 Å². The zero-order chi connectivity index (χ0) is 53.7. The second-order valence-electron chi connectivity index (χ2n) is 17.2. The number of nitrogens with one attached hydrogen (secondary N) is 2. The number of esters is 1. The summed E-state index contributed by atoms with van der Waals surface area (Å²) in [4.78, 5) is 52.4. The second kappa shape index (κ2) is 33.3. The van der Waals surface area contributed by atoms with Crippen LogP contribution >= 0.6 is 11.8 Å². The first-order chi connectivity index (χ1) is 37.2. The van der Waals surface area contributed by atoms with E-state index in [0.29, 0.717) is 98.5 Å². The largest absolute Gasteiger partial charge is 0.460 e. The van der Waals surface area contributed by atoms with Gasteiger partial charge in [0.25, 0.3) is 11.8 Å². The number of carbonyl (C=O) groups excluding carboxylic acids is 4. The zero-order valence-electron chi connectivity index (χ0n) is 42.3. The maximum atomic E-state index is 13.8. The molecule has 408 valence electrons. The minimum Gasteiger partial charge on any atom is -0.460 e. The highest BCUT2D eigenvalue weighted by Crippen LogP contribution is 2.35. The Morgan fingerprint density at radius 1 is 0.500 bits per heavy atom. The number of carbonyl (C=O) groups is 4. The second-order valence-corrected chi connectivity index (χ2v) is 18.4. The molecule has 1 heterocycles. The van der Waals surface area contributed by atoms with Crippen LogP contribution in [0.2, 0.25) is 0 Å². The van der Waals surface area contributed by atoms with E-state index in [9.17, 15) is 39.6 Å². The average molecular weight is 1070 g/mol. The first kappa shape index (κ1) is 59.3. The number of aliphatic hydroxyl groups is 4. The lowest BCUT2D eigenvalue weighted by molar-refractivity contribution is -0.205. The van der Waals surface area contributed by atoms with E-state index in [1.54, 1.807) is 66.7 Å². The number of benzene rings is 5. The van der Waals surface area contributed by atoms with Gasteiger partial charge in [-0.3, -0.25) is 14.4 Å². The van der Waals surface area contributed by atoms with Crippen LogP contribution in [-0.4, -0.2) is 185 Å². The van der Waals surface area contributed by atoms with Crippen LogP contribution in [0.1, 0.15) is 69.6 Å². The molecule has 0 aromatic heterocycles. The maximum Gasteiger partial charge on any atom is 0.338 e. The van der Waals surface area contributed by atoms with Gasteiger partial charge in [-0.2, -0.15) is 0 Å². The predicted molar refractivity (Wildman–Crippen MR) is 283 cm³/mol. The summed E-state index contributed by atoms with van der Waals surface area (Å²) < 4.78 is 44.8. The summed E-state index contributed by atoms with van der Waals surface area (Å²) in [6.07, 6.45) is -5.07. The SMILES string of the molecule is O=C(NCCOCCOCCOCCNC(=O)c1ccc(C(=O)OCCOCCOCCOCCS[C@@H]2O[C@H](CO)[C@H](O)[C@H](O)[C@H]2O)c(C(c2ccccc2)c2ccccc2)c1)c1ccc(C(=O)c2ccccc2)cc1. The van der Waals surface area contributed by atoms with Crippen molar-refractivity contribution < 1.29 is 77.5 Å². The predicted octanol–water partition coefficient (Wildman–Crippen LogP) is 4.05. The molecule has 18 nitrogen and oxygen atoms in total. The number of hydrogen-bond acceptors (Lipinski definition) is 17. The molecule has 0 spiro atoms. The highest BCUT2D eigenvalue weighted by Gasteiger charge is 2.43. The molecule has 6 rings (SSSR count). The molecule has 6 N–H and O–H groups in total. The van der Waals surface area contributed by atoms with E-state index in [2.05, 4.69) is 10.6 Å². The minimum atomic E-state index is -1.42. The Hall–Kier alpha value is -5.91. The molecule has 0 bridgehead atoms. The third kappa shape index (κ3) is 19.0. The van der Waals surface area contributed by atoms with Crippen LogP contribution in [0, 0.1) is 0 Å². The standard InChI is InChI=1S/C57H68N2O16S/c60-39-48-51(62)52(63)53(64)57(75-48)76-37-36-73-33-32-71-30-31-72-34-35-74-56(67)46-21-20-45(38-47(46)49(40-10-4-1-5-11-40)41-12-6-2-7-13-41)55(66)59-23-25-69-27-29-70-28-26-68-24-22-58-54(65)44-18-16-43(17-19-44)50(61)42-14-8-3-9-15-42/h1-21,38,48-49,51-53,57,60,62-64H,22-37,39H2,(H,58,65)(H,59,66)/t48-,51+,52+,53-,57+/m1/s1. The smallest absolute Gasteiger partial charge is 0.338 e. The van der Waals surface area contributed by atoms with Gasteiger partial charge in [0.1, 0.15) is 36.5 Å². The van der Waals surface area contributed by atoms with Gasteiger partial charge in [0, 0.05) is 47.0 Å². The van der Waals surface area contributed by atoms with Crippen molar-refractivity contribution in [1.82, 2.24) is 10.6 Å². The third-order valence-electron chi connectivity index (χ3n) is 11.9. The number of thioether (sulfide) groups is 1.